The van der Waals surface area contributed by atoms with E-state index in [1.165, 1.54) is 0 Å². The Morgan fingerprint density at radius 1 is 1.45 bits per heavy atom. The molecule has 0 aliphatic carbocycles. The van der Waals surface area contributed by atoms with Gasteiger partial charge in [0.25, 0.3) is 5.91 Å². The molecule has 1 aromatic heterocycles. The van der Waals surface area contributed by atoms with E-state index in [9.17, 15) is 4.79 Å². The second kappa shape index (κ2) is 6.72. The second-order valence-corrected chi connectivity index (χ2v) is 5.15. The summed E-state index contributed by atoms with van der Waals surface area (Å²) >= 11 is 9.24. The van der Waals surface area contributed by atoms with Gasteiger partial charge >= 0.3 is 0 Å². The van der Waals surface area contributed by atoms with Crippen molar-refractivity contribution in [3.8, 4) is 5.75 Å². The van der Waals surface area contributed by atoms with Crippen molar-refractivity contribution in [3.63, 3.8) is 0 Å². The third-order valence-electron chi connectivity index (χ3n) is 2.49. The van der Waals surface area contributed by atoms with Crippen LogP contribution >= 0.6 is 27.5 Å². The lowest BCUT2D eigenvalue weighted by atomic mass is 10.2. The zero-order valence-electron chi connectivity index (χ0n) is 10.7. The number of benzene rings is 1. The molecule has 0 radical (unpaired) electrons. The number of aromatic nitrogens is 1. The number of para-hydroxylation sites is 1. The lowest BCUT2D eigenvalue weighted by Crippen LogP contribution is -2.14. The molecule has 20 heavy (non-hydrogen) atoms. The van der Waals surface area contributed by atoms with Gasteiger partial charge in [0.05, 0.1) is 17.9 Å². The summed E-state index contributed by atoms with van der Waals surface area (Å²) in [5.41, 5.74) is 0.891. The van der Waals surface area contributed by atoms with E-state index in [0.29, 0.717) is 23.6 Å². The molecule has 4 nitrogen and oxygen atoms in total. The Hall–Kier alpha value is -1.59. The number of ether oxygens (including phenoxy) is 1. The van der Waals surface area contributed by atoms with Gasteiger partial charge in [-0.25, -0.2) is 4.98 Å². The Morgan fingerprint density at radius 3 is 2.95 bits per heavy atom. The number of carbonyl (C=O) groups excluding carboxylic acids is 1. The van der Waals surface area contributed by atoms with Crippen molar-refractivity contribution in [2.45, 2.75) is 6.92 Å². The predicted octanol–water partition coefficient (Wildman–Crippen LogP) is 4.15. The molecule has 0 saturated carbocycles. The minimum atomic E-state index is -0.296. The molecule has 0 aliphatic rings. The van der Waals surface area contributed by atoms with E-state index in [0.717, 1.165) is 4.47 Å². The largest absolute Gasteiger partial charge is 0.493 e. The average Bonchev–Trinajstić information content (AvgIpc) is 2.44. The van der Waals surface area contributed by atoms with Crippen molar-refractivity contribution in [1.82, 2.24) is 4.98 Å². The molecule has 0 unspecified atom stereocenters. The maximum absolute atomic E-state index is 12.3. The molecule has 1 aromatic carbocycles. The standard InChI is InChI=1S/C14H12BrClN2O2/c1-2-20-12-6-4-3-5-10(12)14(19)18-11-7-9(15)8-17-13(11)16/h3-8H,2H2,1H3,(H,18,19). The molecule has 0 atom stereocenters. The zero-order valence-corrected chi connectivity index (χ0v) is 13.0. The number of halogens is 2. The fourth-order valence-corrected chi connectivity index (χ4v) is 2.12. The van der Waals surface area contributed by atoms with Crippen LogP contribution in [0.15, 0.2) is 41.0 Å². The van der Waals surface area contributed by atoms with Crippen LogP contribution in [0.1, 0.15) is 17.3 Å². The van der Waals surface area contributed by atoms with Gasteiger partial charge in [0.15, 0.2) is 5.15 Å². The summed E-state index contributed by atoms with van der Waals surface area (Å²) in [6, 6.07) is 8.73. The summed E-state index contributed by atoms with van der Waals surface area (Å²) in [7, 11) is 0. The summed E-state index contributed by atoms with van der Waals surface area (Å²) in [4.78, 5) is 16.2. The first-order chi connectivity index (χ1) is 9.61. The number of carbonyl (C=O) groups is 1. The molecule has 0 aliphatic heterocycles. The van der Waals surface area contributed by atoms with Crippen LogP contribution in [0.3, 0.4) is 0 Å². The highest BCUT2D eigenvalue weighted by Gasteiger charge is 2.14. The van der Waals surface area contributed by atoms with Gasteiger partial charge in [0, 0.05) is 10.7 Å². The van der Waals surface area contributed by atoms with Crippen molar-refractivity contribution < 1.29 is 9.53 Å². The molecule has 0 spiro atoms. The summed E-state index contributed by atoms with van der Waals surface area (Å²) in [5, 5.41) is 2.95. The van der Waals surface area contributed by atoms with Crippen LogP contribution in [0.2, 0.25) is 5.15 Å². The quantitative estimate of drug-likeness (QED) is 0.838. The normalized spacial score (nSPS) is 10.2. The molecular formula is C14H12BrClN2O2. The lowest BCUT2D eigenvalue weighted by Gasteiger charge is -2.11. The predicted molar refractivity (Wildman–Crippen MR) is 82.5 cm³/mol. The maximum Gasteiger partial charge on any atom is 0.259 e. The number of anilines is 1. The number of hydrogen-bond donors (Lipinski definition) is 1. The van der Waals surface area contributed by atoms with Gasteiger partial charge < -0.3 is 10.1 Å². The minimum Gasteiger partial charge on any atom is -0.493 e. The number of pyridine rings is 1. The number of amides is 1. The van der Waals surface area contributed by atoms with Crippen molar-refractivity contribution >= 4 is 39.1 Å². The zero-order chi connectivity index (χ0) is 14.5. The summed E-state index contributed by atoms with van der Waals surface area (Å²) in [6.07, 6.45) is 1.56. The van der Waals surface area contributed by atoms with Crippen LogP contribution in [0.25, 0.3) is 0 Å². The van der Waals surface area contributed by atoms with Gasteiger partial charge in [0.2, 0.25) is 0 Å². The van der Waals surface area contributed by atoms with E-state index in [2.05, 4.69) is 26.2 Å². The van der Waals surface area contributed by atoms with E-state index >= 15 is 0 Å². The third-order valence-corrected chi connectivity index (χ3v) is 3.22. The van der Waals surface area contributed by atoms with Crippen molar-refractivity contribution in [1.29, 1.82) is 0 Å². The molecule has 1 N–H and O–H groups in total. The van der Waals surface area contributed by atoms with Gasteiger partial charge in [-0.3, -0.25) is 4.79 Å². The first-order valence-electron chi connectivity index (χ1n) is 5.96. The molecule has 1 amide bonds. The smallest absolute Gasteiger partial charge is 0.259 e. The van der Waals surface area contributed by atoms with Crippen molar-refractivity contribution in [3.05, 3.63) is 51.7 Å². The number of hydrogen-bond acceptors (Lipinski definition) is 3. The monoisotopic (exact) mass is 354 g/mol. The Labute approximate surface area is 130 Å². The topological polar surface area (TPSA) is 51.2 Å². The Morgan fingerprint density at radius 2 is 2.20 bits per heavy atom. The van der Waals surface area contributed by atoms with E-state index < -0.39 is 0 Å². The van der Waals surface area contributed by atoms with Gasteiger partial charge in [0.1, 0.15) is 5.75 Å². The van der Waals surface area contributed by atoms with E-state index in [4.69, 9.17) is 16.3 Å². The van der Waals surface area contributed by atoms with E-state index in [1.54, 1.807) is 30.5 Å². The van der Waals surface area contributed by atoms with Gasteiger partial charge in [-0.1, -0.05) is 23.7 Å². The second-order valence-electron chi connectivity index (χ2n) is 3.88. The van der Waals surface area contributed by atoms with Crippen LogP contribution in [0, 0.1) is 0 Å². The van der Waals surface area contributed by atoms with E-state index in [-0.39, 0.29) is 11.1 Å². The highest BCUT2D eigenvalue weighted by molar-refractivity contribution is 9.10. The van der Waals surface area contributed by atoms with Crippen LogP contribution in [0.4, 0.5) is 5.69 Å². The Kier molecular flexibility index (Phi) is 4.98. The van der Waals surface area contributed by atoms with Crippen LogP contribution in [-0.4, -0.2) is 17.5 Å². The fraction of sp³-hybridized carbons (Fsp3) is 0.143. The minimum absolute atomic E-state index is 0.232. The van der Waals surface area contributed by atoms with Crippen molar-refractivity contribution in [2.75, 3.05) is 11.9 Å². The van der Waals surface area contributed by atoms with Crippen LogP contribution < -0.4 is 10.1 Å². The molecule has 2 aromatic rings. The first kappa shape index (κ1) is 14.8. The highest BCUT2D eigenvalue weighted by atomic mass is 79.9. The fourth-order valence-electron chi connectivity index (χ4n) is 1.64. The third kappa shape index (κ3) is 3.49. The van der Waals surface area contributed by atoms with Gasteiger partial charge in [-0.2, -0.15) is 0 Å². The van der Waals surface area contributed by atoms with Gasteiger partial charge in [-0.15, -0.1) is 0 Å². The summed E-state index contributed by atoms with van der Waals surface area (Å²) < 4.78 is 6.16. The van der Waals surface area contributed by atoms with Crippen molar-refractivity contribution in [2.24, 2.45) is 0 Å². The number of nitrogens with one attached hydrogen (secondary N) is 1. The lowest BCUT2D eigenvalue weighted by molar-refractivity contribution is 0.102. The first-order valence-corrected chi connectivity index (χ1v) is 7.13. The summed E-state index contributed by atoms with van der Waals surface area (Å²) in [5.74, 6) is 0.238. The van der Waals surface area contributed by atoms with Gasteiger partial charge in [-0.05, 0) is 41.1 Å². The average molecular weight is 356 g/mol. The van der Waals surface area contributed by atoms with Crippen LogP contribution in [0.5, 0.6) is 5.75 Å². The molecule has 0 saturated heterocycles. The molecule has 6 heteroatoms. The molecule has 104 valence electrons. The molecule has 1 heterocycles. The van der Waals surface area contributed by atoms with E-state index in [1.807, 2.05) is 13.0 Å². The molecule has 2 rings (SSSR count). The molecular weight excluding hydrogens is 344 g/mol. The number of rotatable bonds is 4. The number of nitrogens with zero attached hydrogens (tertiary/aromatic N) is 1. The molecule has 0 bridgehead atoms. The summed E-state index contributed by atoms with van der Waals surface area (Å²) in [6.45, 7) is 2.35. The SMILES string of the molecule is CCOc1ccccc1C(=O)Nc1cc(Br)cnc1Cl. The highest BCUT2D eigenvalue weighted by Crippen LogP contribution is 2.25. The maximum atomic E-state index is 12.3. The van der Waals surface area contributed by atoms with Crippen LogP contribution in [-0.2, 0) is 0 Å². The Balaban J connectivity index is 2.26. The Bertz CT molecular complexity index is 634. The molecule has 0 fully saturated rings.